The molecule has 10 heteroatoms. The summed E-state index contributed by atoms with van der Waals surface area (Å²) < 4.78 is 33.2. The number of carbonyl (C=O) groups is 1. The molecule has 0 aromatic heterocycles. The molecule has 0 radical (unpaired) electrons. The number of nitrogens with one attached hydrogen (secondary N) is 2. The van der Waals surface area contributed by atoms with Crippen LogP contribution in [-0.2, 0) is 14.8 Å². The van der Waals surface area contributed by atoms with Crippen LogP contribution in [0.5, 0.6) is 5.75 Å². The van der Waals surface area contributed by atoms with Gasteiger partial charge in [0.25, 0.3) is 0 Å². The van der Waals surface area contributed by atoms with Gasteiger partial charge in [-0.2, -0.15) is 4.31 Å². The van der Waals surface area contributed by atoms with Crippen LogP contribution in [0.3, 0.4) is 0 Å². The Kier molecular flexibility index (Phi) is 9.68. The van der Waals surface area contributed by atoms with Crippen LogP contribution in [0.1, 0.15) is 37.8 Å². The fourth-order valence-electron chi connectivity index (χ4n) is 3.99. The van der Waals surface area contributed by atoms with E-state index >= 15 is 0 Å². The summed E-state index contributed by atoms with van der Waals surface area (Å²) in [5.41, 5.74) is 2.19. The van der Waals surface area contributed by atoms with E-state index in [1.165, 1.54) is 4.31 Å². The first-order chi connectivity index (χ1) is 17.4. The maximum Gasteiger partial charge on any atom is 0.243 e. The monoisotopic (exact) mass is 546 g/mol. The number of ether oxygens (including phenoxy) is 1. The summed E-state index contributed by atoms with van der Waals surface area (Å²) >= 11 is 5.33. The van der Waals surface area contributed by atoms with Gasteiger partial charge in [0.05, 0.1) is 11.5 Å². The summed E-state index contributed by atoms with van der Waals surface area (Å²) in [6, 6.07) is 12.5. The highest BCUT2D eigenvalue weighted by Crippen LogP contribution is 2.25. The maximum atomic E-state index is 12.9. The minimum Gasteiger partial charge on any atom is -0.493 e. The Morgan fingerprint density at radius 2 is 1.70 bits per heavy atom. The van der Waals surface area contributed by atoms with Crippen molar-refractivity contribution in [3.63, 3.8) is 0 Å². The molecular formula is C27H38N4O4S2. The molecule has 1 aliphatic rings. The third-order valence-electron chi connectivity index (χ3n) is 6.60. The van der Waals surface area contributed by atoms with Crippen molar-refractivity contribution in [1.29, 1.82) is 0 Å². The third-order valence-corrected chi connectivity index (χ3v) is 8.72. The van der Waals surface area contributed by atoms with Crippen molar-refractivity contribution in [2.24, 2.45) is 5.41 Å². The number of anilines is 1. The molecule has 2 aromatic rings. The highest BCUT2D eigenvalue weighted by atomic mass is 32.2. The Bertz CT molecular complexity index is 1210. The van der Waals surface area contributed by atoms with E-state index in [0.29, 0.717) is 44.9 Å². The smallest absolute Gasteiger partial charge is 0.243 e. The van der Waals surface area contributed by atoms with Crippen molar-refractivity contribution in [3.8, 4) is 5.75 Å². The van der Waals surface area contributed by atoms with Crippen molar-refractivity contribution < 1.29 is 17.9 Å². The SMILES string of the molecule is Cc1ccc(C)c(OCCCC(C)(C)C(=O)NC(=S)Nc2ccc(S(=O)(=O)N3CCN(C)CC3)cc2)c1. The molecule has 1 heterocycles. The lowest BCUT2D eigenvalue weighted by molar-refractivity contribution is -0.128. The topological polar surface area (TPSA) is 91.0 Å². The number of carbonyl (C=O) groups excluding carboxylic acids is 1. The van der Waals surface area contributed by atoms with Crippen molar-refractivity contribution in [2.75, 3.05) is 45.2 Å². The van der Waals surface area contributed by atoms with Crippen molar-refractivity contribution in [1.82, 2.24) is 14.5 Å². The number of rotatable bonds is 9. The molecular weight excluding hydrogens is 508 g/mol. The van der Waals surface area contributed by atoms with Gasteiger partial charge in [-0.1, -0.05) is 26.0 Å². The van der Waals surface area contributed by atoms with Crippen LogP contribution in [0.2, 0.25) is 0 Å². The van der Waals surface area contributed by atoms with Gasteiger partial charge in [0.1, 0.15) is 5.75 Å². The lowest BCUT2D eigenvalue weighted by Gasteiger charge is -2.31. The average molecular weight is 547 g/mol. The molecule has 202 valence electrons. The lowest BCUT2D eigenvalue weighted by Crippen LogP contribution is -2.47. The van der Waals surface area contributed by atoms with E-state index < -0.39 is 15.4 Å². The molecule has 37 heavy (non-hydrogen) atoms. The summed E-state index contributed by atoms with van der Waals surface area (Å²) in [6.07, 6.45) is 1.35. The molecule has 0 unspecified atom stereocenters. The second-order valence-electron chi connectivity index (χ2n) is 10.2. The van der Waals surface area contributed by atoms with E-state index in [9.17, 15) is 13.2 Å². The molecule has 0 atom stereocenters. The zero-order valence-corrected chi connectivity index (χ0v) is 24.0. The number of piperazine rings is 1. The summed E-state index contributed by atoms with van der Waals surface area (Å²) in [4.78, 5) is 15.2. The van der Waals surface area contributed by atoms with E-state index in [4.69, 9.17) is 17.0 Å². The number of amides is 1. The largest absolute Gasteiger partial charge is 0.493 e. The molecule has 0 bridgehead atoms. The predicted molar refractivity (Wildman–Crippen MR) is 151 cm³/mol. The number of thiocarbonyl (C=S) groups is 1. The van der Waals surface area contributed by atoms with Gasteiger partial charge in [0, 0.05) is 37.3 Å². The normalized spacial score (nSPS) is 15.3. The van der Waals surface area contributed by atoms with Gasteiger partial charge in [0.2, 0.25) is 15.9 Å². The van der Waals surface area contributed by atoms with Gasteiger partial charge in [-0.3, -0.25) is 4.79 Å². The molecule has 2 N–H and O–H groups in total. The third kappa shape index (κ3) is 7.98. The molecule has 1 amide bonds. The quantitative estimate of drug-likeness (QED) is 0.364. The molecule has 1 fully saturated rings. The Balaban J connectivity index is 1.47. The van der Waals surface area contributed by atoms with E-state index in [2.05, 4.69) is 21.6 Å². The van der Waals surface area contributed by atoms with Gasteiger partial charge in [0.15, 0.2) is 5.11 Å². The Morgan fingerprint density at radius 1 is 1.05 bits per heavy atom. The first-order valence-corrected chi connectivity index (χ1v) is 14.3. The van der Waals surface area contributed by atoms with E-state index in [-0.39, 0.29) is 15.9 Å². The van der Waals surface area contributed by atoms with Crippen molar-refractivity contribution in [3.05, 3.63) is 53.6 Å². The predicted octanol–water partition coefficient (Wildman–Crippen LogP) is 3.94. The van der Waals surface area contributed by atoms with Crippen molar-refractivity contribution in [2.45, 2.75) is 45.4 Å². The minimum atomic E-state index is -3.54. The fraction of sp³-hybridized carbons (Fsp3) is 0.481. The molecule has 8 nitrogen and oxygen atoms in total. The van der Waals surface area contributed by atoms with E-state index in [1.54, 1.807) is 24.3 Å². The first-order valence-electron chi connectivity index (χ1n) is 12.5. The van der Waals surface area contributed by atoms with E-state index in [0.717, 1.165) is 23.3 Å². The Morgan fingerprint density at radius 3 is 2.35 bits per heavy atom. The lowest BCUT2D eigenvalue weighted by atomic mass is 9.87. The molecule has 1 saturated heterocycles. The van der Waals surface area contributed by atoms with Gasteiger partial charge < -0.3 is 20.3 Å². The molecule has 2 aromatic carbocycles. The maximum absolute atomic E-state index is 12.9. The number of benzene rings is 2. The van der Waals surface area contributed by atoms with Crippen LogP contribution in [-0.4, -0.2) is 68.5 Å². The summed E-state index contributed by atoms with van der Waals surface area (Å²) in [5.74, 6) is 0.681. The molecule has 0 spiro atoms. The highest BCUT2D eigenvalue weighted by molar-refractivity contribution is 7.89. The molecule has 0 saturated carbocycles. The zero-order valence-electron chi connectivity index (χ0n) is 22.3. The number of sulfonamides is 1. The van der Waals surface area contributed by atoms with Crippen LogP contribution < -0.4 is 15.4 Å². The zero-order chi connectivity index (χ0) is 27.2. The number of nitrogens with zero attached hydrogens (tertiary/aromatic N) is 2. The number of aryl methyl sites for hydroxylation is 2. The van der Waals surface area contributed by atoms with Gasteiger partial charge in [-0.15, -0.1) is 0 Å². The fourth-order valence-corrected chi connectivity index (χ4v) is 5.63. The van der Waals surface area contributed by atoms with Gasteiger partial charge in [-0.25, -0.2) is 8.42 Å². The highest BCUT2D eigenvalue weighted by Gasteiger charge is 2.29. The Labute approximate surface area is 226 Å². The van der Waals surface area contributed by atoms with Crippen LogP contribution in [0, 0.1) is 19.3 Å². The number of likely N-dealkylation sites (N-methyl/N-ethyl adjacent to an activating group) is 1. The number of hydrogen-bond acceptors (Lipinski definition) is 6. The van der Waals surface area contributed by atoms with Gasteiger partial charge in [-0.05, 0) is 87.4 Å². The second kappa shape index (κ2) is 12.3. The average Bonchev–Trinajstić information content (AvgIpc) is 2.84. The van der Waals surface area contributed by atoms with Gasteiger partial charge >= 0.3 is 0 Å². The Hall–Kier alpha value is -2.53. The first kappa shape index (κ1) is 29.0. The summed E-state index contributed by atoms with van der Waals surface area (Å²) in [7, 11) is -1.56. The van der Waals surface area contributed by atoms with E-state index in [1.807, 2.05) is 46.9 Å². The van der Waals surface area contributed by atoms with Crippen LogP contribution >= 0.6 is 12.2 Å². The van der Waals surface area contributed by atoms with Crippen molar-refractivity contribution >= 4 is 38.9 Å². The van der Waals surface area contributed by atoms with Crippen LogP contribution in [0.25, 0.3) is 0 Å². The standard InChI is InChI=1S/C27H38N4O4S2/c1-20-7-8-21(2)24(19-20)35-18-6-13-27(3,4)25(32)29-26(36)28-22-9-11-23(12-10-22)37(33,34)31-16-14-30(5)15-17-31/h7-12,19H,6,13-18H2,1-5H3,(H2,28,29,32,36). The minimum absolute atomic E-state index is 0.166. The number of hydrogen-bond donors (Lipinski definition) is 2. The second-order valence-corrected chi connectivity index (χ2v) is 12.6. The summed E-state index contributed by atoms with van der Waals surface area (Å²) in [5, 5.41) is 5.89. The molecule has 3 rings (SSSR count). The summed E-state index contributed by atoms with van der Waals surface area (Å²) in [6.45, 7) is 10.7. The van der Waals surface area contributed by atoms with Crippen LogP contribution in [0.4, 0.5) is 5.69 Å². The molecule has 0 aliphatic carbocycles. The van der Waals surface area contributed by atoms with Crippen LogP contribution in [0.15, 0.2) is 47.4 Å². The molecule has 1 aliphatic heterocycles.